The highest BCUT2D eigenvalue weighted by atomic mass is 15.3. The standard InChI is InChI=1S/C21H41N7/c1-8-22-21(23-14-16(2)15-28-11-9-26(6)10-12-28)24-17(3)13-20-18(4)25-27(7)19(20)5/h16-17H,8-15H2,1-7H3,(H2,22,23,24). The van der Waals surface area contributed by atoms with Crippen LogP contribution in [0.3, 0.4) is 0 Å². The van der Waals surface area contributed by atoms with Gasteiger partial charge in [0.1, 0.15) is 0 Å². The maximum absolute atomic E-state index is 4.86. The number of guanidine groups is 1. The summed E-state index contributed by atoms with van der Waals surface area (Å²) in [5, 5.41) is 11.5. The Morgan fingerprint density at radius 2 is 1.82 bits per heavy atom. The van der Waals surface area contributed by atoms with Crippen LogP contribution in [-0.4, -0.2) is 84.4 Å². The van der Waals surface area contributed by atoms with Crippen LogP contribution in [0.25, 0.3) is 0 Å². The van der Waals surface area contributed by atoms with Gasteiger partial charge in [-0.3, -0.25) is 9.67 Å². The molecular weight excluding hydrogens is 350 g/mol. The molecule has 160 valence electrons. The quantitative estimate of drug-likeness (QED) is 0.518. The molecule has 0 spiro atoms. The van der Waals surface area contributed by atoms with Crippen LogP contribution in [0.2, 0.25) is 0 Å². The third kappa shape index (κ3) is 6.78. The van der Waals surface area contributed by atoms with Gasteiger partial charge in [0.05, 0.1) is 5.69 Å². The van der Waals surface area contributed by atoms with Gasteiger partial charge in [0, 0.05) is 64.6 Å². The molecule has 1 aliphatic heterocycles. The Morgan fingerprint density at radius 1 is 1.14 bits per heavy atom. The Hall–Kier alpha value is -1.60. The molecule has 0 radical (unpaired) electrons. The van der Waals surface area contributed by atoms with Gasteiger partial charge < -0.3 is 20.4 Å². The first kappa shape index (κ1) is 22.7. The lowest BCUT2D eigenvalue weighted by molar-refractivity contribution is 0.140. The van der Waals surface area contributed by atoms with E-state index >= 15 is 0 Å². The number of likely N-dealkylation sites (N-methyl/N-ethyl adjacent to an activating group) is 1. The summed E-state index contributed by atoms with van der Waals surface area (Å²) >= 11 is 0. The van der Waals surface area contributed by atoms with E-state index in [1.54, 1.807) is 0 Å². The van der Waals surface area contributed by atoms with Gasteiger partial charge >= 0.3 is 0 Å². The lowest BCUT2D eigenvalue weighted by Gasteiger charge is -2.33. The van der Waals surface area contributed by atoms with Gasteiger partial charge in [-0.2, -0.15) is 5.10 Å². The predicted molar refractivity (Wildman–Crippen MR) is 118 cm³/mol. The Bertz CT molecular complexity index is 629. The van der Waals surface area contributed by atoms with Crippen molar-refractivity contribution < 1.29 is 0 Å². The van der Waals surface area contributed by atoms with Gasteiger partial charge in [0.2, 0.25) is 0 Å². The molecule has 1 saturated heterocycles. The second-order valence-electron chi connectivity index (χ2n) is 8.45. The van der Waals surface area contributed by atoms with Gasteiger partial charge in [-0.25, -0.2) is 0 Å². The van der Waals surface area contributed by atoms with Gasteiger partial charge in [0.15, 0.2) is 5.96 Å². The fraction of sp³-hybridized carbons (Fsp3) is 0.810. The summed E-state index contributed by atoms with van der Waals surface area (Å²) < 4.78 is 1.97. The lowest BCUT2D eigenvalue weighted by Crippen LogP contribution is -2.46. The topological polar surface area (TPSA) is 60.7 Å². The van der Waals surface area contributed by atoms with E-state index in [0.717, 1.165) is 37.7 Å². The molecule has 0 aliphatic carbocycles. The zero-order chi connectivity index (χ0) is 20.7. The summed E-state index contributed by atoms with van der Waals surface area (Å²) in [4.78, 5) is 9.83. The van der Waals surface area contributed by atoms with Gasteiger partial charge in [-0.1, -0.05) is 6.92 Å². The summed E-state index contributed by atoms with van der Waals surface area (Å²) in [5.74, 6) is 1.47. The first-order valence-corrected chi connectivity index (χ1v) is 10.7. The maximum atomic E-state index is 4.86. The Kier molecular flexibility index (Phi) is 8.76. The molecule has 1 aromatic rings. The van der Waals surface area contributed by atoms with Crippen LogP contribution >= 0.6 is 0 Å². The fourth-order valence-corrected chi connectivity index (χ4v) is 3.80. The molecule has 28 heavy (non-hydrogen) atoms. The summed E-state index contributed by atoms with van der Waals surface area (Å²) in [5.41, 5.74) is 3.70. The molecule has 1 fully saturated rings. The van der Waals surface area contributed by atoms with Crippen LogP contribution in [0, 0.1) is 19.8 Å². The van der Waals surface area contributed by atoms with E-state index in [1.165, 1.54) is 37.4 Å². The Balaban J connectivity index is 1.86. The van der Waals surface area contributed by atoms with Gasteiger partial charge in [0.25, 0.3) is 0 Å². The Morgan fingerprint density at radius 3 is 2.39 bits per heavy atom. The number of rotatable bonds is 8. The van der Waals surface area contributed by atoms with Crippen molar-refractivity contribution >= 4 is 5.96 Å². The SMILES string of the molecule is CCNC(=NCC(C)CN1CCN(C)CC1)NC(C)Cc1c(C)nn(C)c1C. The van der Waals surface area contributed by atoms with Crippen LogP contribution in [0.4, 0.5) is 0 Å². The van der Waals surface area contributed by atoms with E-state index in [0.29, 0.717) is 12.0 Å². The summed E-state index contributed by atoms with van der Waals surface area (Å²) in [6.07, 6.45) is 0.951. The number of nitrogens with zero attached hydrogens (tertiary/aromatic N) is 5. The average molecular weight is 392 g/mol. The molecule has 7 heteroatoms. The molecule has 0 saturated carbocycles. The third-order valence-corrected chi connectivity index (χ3v) is 5.62. The highest BCUT2D eigenvalue weighted by Gasteiger charge is 2.17. The highest BCUT2D eigenvalue weighted by Crippen LogP contribution is 2.14. The maximum Gasteiger partial charge on any atom is 0.191 e. The minimum Gasteiger partial charge on any atom is -0.357 e. The largest absolute Gasteiger partial charge is 0.357 e. The molecular formula is C21H41N7. The first-order chi connectivity index (χ1) is 13.3. The summed E-state index contributed by atoms with van der Waals surface area (Å²) in [6, 6.07) is 0.298. The van der Waals surface area contributed by atoms with Crippen LogP contribution in [0.15, 0.2) is 4.99 Å². The van der Waals surface area contributed by atoms with E-state index in [9.17, 15) is 0 Å². The molecule has 2 unspecified atom stereocenters. The minimum atomic E-state index is 0.298. The van der Waals surface area contributed by atoms with Crippen molar-refractivity contribution in [3.05, 3.63) is 17.0 Å². The van der Waals surface area contributed by atoms with Crippen molar-refractivity contribution in [3.63, 3.8) is 0 Å². The van der Waals surface area contributed by atoms with E-state index in [4.69, 9.17) is 4.99 Å². The van der Waals surface area contributed by atoms with Crippen molar-refractivity contribution in [1.29, 1.82) is 0 Å². The van der Waals surface area contributed by atoms with E-state index in [-0.39, 0.29) is 0 Å². The highest BCUT2D eigenvalue weighted by molar-refractivity contribution is 5.80. The van der Waals surface area contributed by atoms with Gasteiger partial charge in [-0.05, 0) is 52.6 Å². The molecule has 0 amide bonds. The van der Waals surface area contributed by atoms with Crippen LogP contribution in [0.5, 0.6) is 0 Å². The molecule has 0 aromatic carbocycles. The van der Waals surface area contributed by atoms with Crippen molar-refractivity contribution in [3.8, 4) is 0 Å². The number of nitrogens with one attached hydrogen (secondary N) is 2. The predicted octanol–water partition coefficient (Wildman–Crippen LogP) is 1.41. The summed E-state index contributed by atoms with van der Waals surface area (Å²) in [6.45, 7) is 18.4. The zero-order valence-corrected chi connectivity index (χ0v) is 19.0. The monoisotopic (exact) mass is 391 g/mol. The Labute approximate surface area is 171 Å². The number of aliphatic imine (C=N–C) groups is 1. The first-order valence-electron chi connectivity index (χ1n) is 10.7. The average Bonchev–Trinajstić information content (AvgIpc) is 2.88. The second kappa shape index (κ2) is 10.8. The molecule has 2 N–H and O–H groups in total. The molecule has 1 aliphatic rings. The molecule has 1 aromatic heterocycles. The van der Waals surface area contributed by atoms with Crippen molar-refractivity contribution in [2.45, 2.75) is 47.1 Å². The third-order valence-electron chi connectivity index (χ3n) is 5.62. The fourth-order valence-electron chi connectivity index (χ4n) is 3.80. The van der Waals surface area contributed by atoms with Gasteiger partial charge in [-0.15, -0.1) is 0 Å². The van der Waals surface area contributed by atoms with Crippen LogP contribution in [0.1, 0.15) is 37.7 Å². The number of aryl methyl sites for hydroxylation is 2. The van der Waals surface area contributed by atoms with Crippen LogP contribution in [-0.2, 0) is 13.5 Å². The number of hydrogen-bond donors (Lipinski definition) is 2. The number of piperazine rings is 1. The zero-order valence-electron chi connectivity index (χ0n) is 19.0. The molecule has 7 nitrogen and oxygen atoms in total. The normalized spacial score (nSPS) is 18.9. The minimum absolute atomic E-state index is 0.298. The smallest absolute Gasteiger partial charge is 0.191 e. The van der Waals surface area contributed by atoms with Crippen molar-refractivity contribution in [1.82, 2.24) is 30.2 Å². The molecule has 2 heterocycles. The number of hydrogen-bond acceptors (Lipinski definition) is 4. The molecule has 2 rings (SSSR count). The van der Waals surface area contributed by atoms with E-state index in [1.807, 2.05) is 11.7 Å². The lowest BCUT2D eigenvalue weighted by atomic mass is 10.1. The molecule has 2 atom stereocenters. The summed E-state index contributed by atoms with van der Waals surface area (Å²) in [7, 11) is 4.21. The number of aromatic nitrogens is 2. The molecule has 0 bridgehead atoms. The van der Waals surface area contributed by atoms with E-state index in [2.05, 4.69) is 67.2 Å². The van der Waals surface area contributed by atoms with Crippen LogP contribution < -0.4 is 10.6 Å². The van der Waals surface area contributed by atoms with E-state index < -0.39 is 0 Å². The second-order valence-corrected chi connectivity index (χ2v) is 8.45. The van der Waals surface area contributed by atoms with Crippen molar-refractivity contribution in [2.24, 2.45) is 18.0 Å². The van der Waals surface area contributed by atoms with Crippen molar-refractivity contribution in [2.75, 3.05) is 52.9 Å².